The second-order valence-electron chi connectivity index (χ2n) is 15.3. The van der Waals surface area contributed by atoms with E-state index in [1.807, 2.05) is 0 Å². The first-order chi connectivity index (χ1) is 27.0. The van der Waals surface area contributed by atoms with Crippen molar-refractivity contribution in [1.82, 2.24) is 0 Å². The molecule has 0 aliphatic heterocycles. The van der Waals surface area contributed by atoms with Gasteiger partial charge < -0.3 is 9.32 Å². The van der Waals surface area contributed by atoms with Crippen molar-refractivity contribution in [3.8, 4) is 33.4 Å². The first kappa shape index (κ1) is 31.6. The molecule has 0 spiro atoms. The molecule has 1 heterocycles. The minimum atomic E-state index is -0.114. The quantitative estimate of drug-likeness (QED) is 0.177. The number of benzene rings is 9. The van der Waals surface area contributed by atoms with Gasteiger partial charge in [0.25, 0.3) is 0 Å². The molecule has 55 heavy (non-hydrogen) atoms. The molecule has 1 aliphatic carbocycles. The predicted octanol–water partition coefficient (Wildman–Crippen LogP) is 15.0. The van der Waals surface area contributed by atoms with Gasteiger partial charge in [-0.3, -0.25) is 0 Å². The molecule has 0 radical (unpaired) electrons. The van der Waals surface area contributed by atoms with E-state index in [9.17, 15) is 0 Å². The molecule has 2 nitrogen and oxygen atoms in total. The zero-order valence-corrected chi connectivity index (χ0v) is 30.8. The summed E-state index contributed by atoms with van der Waals surface area (Å²) in [4.78, 5) is 2.37. The van der Waals surface area contributed by atoms with E-state index in [0.717, 1.165) is 39.0 Å². The number of hydrogen-bond donors (Lipinski definition) is 0. The molecule has 10 aromatic rings. The van der Waals surface area contributed by atoms with Gasteiger partial charge in [0.05, 0.1) is 0 Å². The van der Waals surface area contributed by atoms with E-state index in [-0.39, 0.29) is 5.41 Å². The van der Waals surface area contributed by atoms with Crippen LogP contribution in [-0.2, 0) is 5.41 Å². The van der Waals surface area contributed by atoms with Gasteiger partial charge in [0.15, 0.2) is 0 Å². The maximum Gasteiger partial charge on any atom is 0.137 e. The average molecular weight is 704 g/mol. The smallest absolute Gasteiger partial charge is 0.137 e. The molecule has 9 aromatic carbocycles. The van der Waals surface area contributed by atoms with Crippen molar-refractivity contribution in [3.05, 3.63) is 199 Å². The Kier molecular flexibility index (Phi) is 6.93. The van der Waals surface area contributed by atoms with Crippen molar-refractivity contribution >= 4 is 60.5 Å². The molecule has 0 amide bonds. The summed E-state index contributed by atoms with van der Waals surface area (Å²) in [5.74, 6) is 0. The number of rotatable bonds is 5. The Hall–Kier alpha value is -6.90. The fourth-order valence-electron chi connectivity index (χ4n) is 9.08. The Bertz CT molecular complexity index is 3110. The summed E-state index contributed by atoms with van der Waals surface area (Å²) in [6.07, 6.45) is 0. The molecule has 0 saturated carbocycles. The van der Waals surface area contributed by atoms with Crippen LogP contribution >= 0.6 is 0 Å². The molecule has 0 bridgehead atoms. The van der Waals surface area contributed by atoms with Gasteiger partial charge in [-0.2, -0.15) is 0 Å². The summed E-state index contributed by atoms with van der Waals surface area (Å²) in [5, 5.41) is 7.16. The third kappa shape index (κ3) is 4.95. The topological polar surface area (TPSA) is 16.4 Å². The van der Waals surface area contributed by atoms with Gasteiger partial charge >= 0.3 is 0 Å². The van der Waals surface area contributed by atoms with Gasteiger partial charge in [0.1, 0.15) is 11.2 Å². The van der Waals surface area contributed by atoms with Crippen molar-refractivity contribution in [1.29, 1.82) is 0 Å². The minimum absolute atomic E-state index is 0.114. The highest BCUT2D eigenvalue weighted by molar-refractivity contribution is 6.22. The molecule has 0 atom stereocenters. The van der Waals surface area contributed by atoms with Gasteiger partial charge in [0, 0.05) is 39.3 Å². The highest BCUT2D eigenvalue weighted by Gasteiger charge is 2.35. The molecule has 0 saturated heterocycles. The Morgan fingerprint density at radius 1 is 0.382 bits per heavy atom. The van der Waals surface area contributed by atoms with Crippen LogP contribution in [0.15, 0.2) is 192 Å². The van der Waals surface area contributed by atoms with Crippen LogP contribution in [0.3, 0.4) is 0 Å². The maximum absolute atomic E-state index is 6.87. The lowest BCUT2D eigenvalue weighted by Crippen LogP contribution is -2.16. The number of hydrogen-bond acceptors (Lipinski definition) is 2. The predicted molar refractivity (Wildman–Crippen MR) is 232 cm³/mol. The van der Waals surface area contributed by atoms with E-state index in [1.165, 1.54) is 66.1 Å². The summed E-state index contributed by atoms with van der Waals surface area (Å²) in [6, 6.07) is 68.3. The van der Waals surface area contributed by atoms with Crippen LogP contribution in [0.2, 0.25) is 0 Å². The van der Waals surface area contributed by atoms with Crippen molar-refractivity contribution in [3.63, 3.8) is 0 Å². The van der Waals surface area contributed by atoms with E-state index >= 15 is 0 Å². The van der Waals surface area contributed by atoms with Gasteiger partial charge in [0.2, 0.25) is 0 Å². The van der Waals surface area contributed by atoms with Gasteiger partial charge in [-0.05, 0) is 115 Å². The molecule has 0 unspecified atom stereocenters. The summed E-state index contributed by atoms with van der Waals surface area (Å²) in [7, 11) is 0. The first-order valence-electron chi connectivity index (χ1n) is 19.1. The average Bonchev–Trinajstić information content (AvgIpc) is 3.72. The SMILES string of the molecule is CC1(C)c2ccccc2-c2ccc(N(c3ccc(-c4ccccc4)cc3)c3ccc4c(c3)oc3cc(-c5ccc6ccccc6c5)c5ccccc5c34)cc21. The minimum Gasteiger partial charge on any atom is -0.456 e. The molecule has 0 N–H and O–H groups in total. The Morgan fingerprint density at radius 2 is 1.02 bits per heavy atom. The molecule has 0 fully saturated rings. The molecule has 1 aromatic heterocycles. The zero-order chi connectivity index (χ0) is 36.7. The highest BCUT2D eigenvalue weighted by atomic mass is 16.3. The van der Waals surface area contributed by atoms with E-state index in [0.29, 0.717) is 0 Å². The summed E-state index contributed by atoms with van der Waals surface area (Å²) >= 11 is 0. The van der Waals surface area contributed by atoms with Crippen molar-refractivity contribution < 1.29 is 4.42 Å². The highest BCUT2D eigenvalue weighted by Crippen LogP contribution is 2.51. The summed E-state index contributed by atoms with van der Waals surface area (Å²) in [5.41, 5.74) is 15.0. The maximum atomic E-state index is 6.87. The van der Waals surface area contributed by atoms with Gasteiger partial charge in [-0.1, -0.05) is 147 Å². The van der Waals surface area contributed by atoms with Crippen LogP contribution in [-0.4, -0.2) is 0 Å². The van der Waals surface area contributed by atoms with Gasteiger partial charge in [-0.15, -0.1) is 0 Å². The Morgan fingerprint density at radius 3 is 1.87 bits per heavy atom. The molecular formula is C53H37NO. The van der Waals surface area contributed by atoms with E-state index in [2.05, 4.69) is 207 Å². The van der Waals surface area contributed by atoms with Crippen molar-refractivity contribution in [2.45, 2.75) is 19.3 Å². The fourth-order valence-corrected chi connectivity index (χ4v) is 9.08. The molecule has 1 aliphatic rings. The number of nitrogens with zero attached hydrogens (tertiary/aromatic N) is 1. The summed E-state index contributed by atoms with van der Waals surface area (Å²) < 4.78 is 6.87. The molecular weight excluding hydrogens is 667 g/mol. The van der Waals surface area contributed by atoms with Crippen molar-refractivity contribution in [2.75, 3.05) is 4.90 Å². The van der Waals surface area contributed by atoms with Crippen LogP contribution in [0, 0.1) is 0 Å². The molecule has 260 valence electrons. The van der Waals surface area contributed by atoms with Crippen molar-refractivity contribution in [2.24, 2.45) is 0 Å². The monoisotopic (exact) mass is 703 g/mol. The number of fused-ring (bicyclic) bond motifs is 9. The lowest BCUT2D eigenvalue weighted by atomic mass is 9.82. The summed E-state index contributed by atoms with van der Waals surface area (Å²) in [6.45, 7) is 4.69. The van der Waals surface area contributed by atoms with Crippen LogP contribution in [0.5, 0.6) is 0 Å². The number of furan rings is 1. The van der Waals surface area contributed by atoms with E-state index in [1.54, 1.807) is 0 Å². The normalized spacial score (nSPS) is 13.1. The molecule has 2 heteroatoms. The Balaban J connectivity index is 1.09. The lowest BCUT2D eigenvalue weighted by Gasteiger charge is -2.28. The zero-order valence-electron chi connectivity index (χ0n) is 30.8. The third-order valence-electron chi connectivity index (χ3n) is 11.8. The fraction of sp³-hybridized carbons (Fsp3) is 0.0566. The van der Waals surface area contributed by atoms with Crippen LogP contribution < -0.4 is 4.90 Å². The first-order valence-corrected chi connectivity index (χ1v) is 19.1. The second kappa shape index (κ2) is 12.1. The van der Waals surface area contributed by atoms with Crippen LogP contribution in [0.4, 0.5) is 17.1 Å². The van der Waals surface area contributed by atoms with Crippen LogP contribution in [0.1, 0.15) is 25.0 Å². The van der Waals surface area contributed by atoms with E-state index in [4.69, 9.17) is 4.42 Å². The van der Waals surface area contributed by atoms with E-state index < -0.39 is 0 Å². The second-order valence-corrected chi connectivity index (χ2v) is 15.3. The lowest BCUT2D eigenvalue weighted by molar-refractivity contribution is 0.660. The standard InChI is InChI=1S/C53H37NO/c1-53(2)48-19-11-10-17-43(48)44-28-26-40(31-49(44)53)54(39-24-22-36(23-25-39)34-12-4-3-5-13-34)41-27-29-46-50(32-41)55-51-33-47(42-16-8-9-18-45(42)52(46)51)38-21-20-35-14-6-7-15-37(35)30-38/h3-33H,1-2H3. The Labute approximate surface area is 320 Å². The largest absolute Gasteiger partial charge is 0.456 e. The third-order valence-corrected chi connectivity index (χ3v) is 11.8. The van der Waals surface area contributed by atoms with Gasteiger partial charge in [-0.25, -0.2) is 0 Å². The molecule has 11 rings (SSSR count). The number of anilines is 3. The van der Waals surface area contributed by atoms with Crippen LogP contribution in [0.25, 0.3) is 76.9 Å².